The fraction of sp³-hybridized carbons (Fsp3) is 0.0588. The summed E-state index contributed by atoms with van der Waals surface area (Å²) in [5, 5.41) is 22.5. The van der Waals surface area contributed by atoms with Crippen molar-refractivity contribution in [3.8, 4) is 17.6 Å². The summed E-state index contributed by atoms with van der Waals surface area (Å²) in [6.45, 7) is 0.112. The summed E-state index contributed by atoms with van der Waals surface area (Å²) in [5.41, 5.74) is 0.683. The molecule has 130 valence electrons. The largest absolute Gasteiger partial charge is 0.454 e. The molecule has 0 spiro atoms. The lowest BCUT2D eigenvalue weighted by Crippen LogP contribution is -2.13. The summed E-state index contributed by atoms with van der Waals surface area (Å²) in [7, 11) is 0. The quantitative estimate of drug-likeness (QED) is 0.352. The molecule has 0 radical (unpaired) electrons. The number of hydrogen-bond donors (Lipinski definition) is 1. The van der Waals surface area contributed by atoms with Gasteiger partial charge in [-0.25, -0.2) is 0 Å². The lowest BCUT2D eigenvalue weighted by Gasteiger charge is -2.05. The van der Waals surface area contributed by atoms with E-state index in [2.05, 4.69) is 21.2 Å². The van der Waals surface area contributed by atoms with Crippen molar-refractivity contribution in [1.82, 2.24) is 0 Å². The van der Waals surface area contributed by atoms with Gasteiger partial charge >= 0.3 is 0 Å². The van der Waals surface area contributed by atoms with E-state index in [0.717, 1.165) is 0 Å². The van der Waals surface area contributed by atoms with Gasteiger partial charge < -0.3 is 14.8 Å². The highest BCUT2D eigenvalue weighted by atomic mass is 79.9. The number of nitrogens with one attached hydrogen (secondary N) is 1. The van der Waals surface area contributed by atoms with Crippen molar-refractivity contribution >= 4 is 39.3 Å². The smallest absolute Gasteiger partial charge is 0.269 e. The van der Waals surface area contributed by atoms with Crippen LogP contribution in [-0.4, -0.2) is 17.6 Å². The van der Waals surface area contributed by atoms with Crippen molar-refractivity contribution in [3.05, 3.63) is 62.1 Å². The molecule has 0 aliphatic carbocycles. The number of ether oxygens (including phenoxy) is 2. The minimum atomic E-state index is -0.633. The fourth-order valence-electron chi connectivity index (χ4n) is 2.21. The molecule has 0 bridgehead atoms. The van der Waals surface area contributed by atoms with Crippen LogP contribution < -0.4 is 14.8 Å². The van der Waals surface area contributed by atoms with Gasteiger partial charge in [-0.05, 0) is 35.9 Å². The molecule has 2 aromatic rings. The van der Waals surface area contributed by atoms with Crippen molar-refractivity contribution < 1.29 is 19.2 Å². The Bertz CT molecular complexity index is 964. The highest BCUT2D eigenvalue weighted by Gasteiger charge is 2.17. The monoisotopic (exact) mass is 415 g/mol. The normalized spacial score (nSPS) is 12.4. The number of nitriles is 1. The lowest BCUT2D eigenvalue weighted by atomic mass is 10.1. The van der Waals surface area contributed by atoms with E-state index in [1.54, 1.807) is 12.1 Å². The maximum Gasteiger partial charge on any atom is 0.269 e. The first-order valence-electron chi connectivity index (χ1n) is 7.24. The van der Waals surface area contributed by atoms with Gasteiger partial charge in [0.2, 0.25) is 6.79 Å². The van der Waals surface area contributed by atoms with Gasteiger partial charge in [0.25, 0.3) is 11.6 Å². The Hall–Kier alpha value is -3.38. The zero-order chi connectivity index (χ0) is 18.7. The molecule has 0 aromatic heterocycles. The van der Waals surface area contributed by atoms with Gasteiger partial charge in [0.15, 0.2) is 11.5 Å². The predicted molar refractivity (Wildman–Crippen MR) is 95.6 cm³/mol. The van der Waals surface area contributed by atoms with Gasteiger partial charge in [-0.15, -0.1) is 0 Å². The van der Waals surface area contributed by atoms with Gasteiger partial charge in [0.1, 0.15) is 11.6 Å². The molecule has 9 heteroatoms. The molecule has 0 fully saturated rings. The fourth-order valence-corrected chi connectivity index (χ4v) is 2.65. The zero-order valence-electron chi connectivity index (χ0n) is 13.1. The number of fused-ring (bicyclic) bond motifs is 1. The summed E-state index contributed by atoms with van der Waals surface area (Å²) in [6.07, 6.45) is 1.41. The van der Waals surface area contributed by atoms with E-state index in [1.807, 2.05) is 6.07 Å². The van der Waals surface area contributed by atoms with Crippen LogP contribution in [0, 0.1) is 21.4 Å². The van der Waals surface area contributed by atoms with E-state index in [9.17, 15) is 20.2 Å². The highest BCUT2D eigenvalue weighted by Crippen LogP contribution is 2.37. The Balaban J connectivity index is 1.82. The first-order valence-corrected chi connectivity index (χ1v) is 8.04. The third kappa shape index (κ3) is 3.65. The number of amides is 1. The third-order valence-electron chi connectivity index (χ3n) is 3.49. The molecule has 1 amide bonds. The topological polar surface area (TPSA) is 114 Å². The van der Waals surface area contributed by atoms with Crippen LogP contribution in [0.15, 0.2) is 46.4 Å². The molecule has 0 unspecified atom stereocenters. The molecule has 1 aliphatic rings. The van der Waals surface area contributed by atoms with E-state index in [0.29, 0.717) is 27.2 Å². The molecule has 1 aliphatic heterocycles. The lowest BCUT2D eigenvalue weighted by molar-refractivity contribution is -0.384. The maximum absolute atomic E-state index is 12.3. The Labute approximate surface area is 155 Å². The number of carbonyl (C=O) groups excluding carboxylic acids is 1. The zero-order valence-corrected chi connectivity index (χ0v) is 14.6. The molecule has 2 aromatic carbocycles. The number of non-ortho nitro benzene ring substituents is 1. The Morgan fingerprint density at radius 2 is 1.92 bits per heavy atom. The summed E-state index contributed by atoms with van der Waals surface area (Å²) >= 11 is 3.36. The number of benzene rings is 2. The first-order chi connectivity index (χ1) is 12.5. The second kappa shape index (κ2) is 7.25. The number of halogens is 1. The number of nitrogens with zero attached hydrogens (tertiary/aromatic N) is 2. The number of rotatable bonds is 4. The van der Waals surface area contributed by atoms with Crippen molar-refractivity contribution in [2.24, 2.45) is 0 Å². The van der Waals surface area contributed by atoms with Crippen LogP contribution in [0.25, 0.3) is 6.08 Å². The van der Waals surface area contributed by atoms with Crippen molar-refractivity contribution in [2.45, 2.75) is 0 Å². The highest BCUT2D eigenvalue weighted by molar-refractivity contribution is 9.10. The Kier molecular flexibility index (Phi) is 4.86. The van der Waals surface area contributed by atoms with Gasteiger partial charge in [-0.3, -0.25) is 14.9 Å². The van der Waals surface area contributed by atoms with Crippen molar-refractivity contribution in [2.75, 3.05) is 12.1 Å². The Morgan fingerprint density at radius 1 is 1.27 bits per heavy atom. The van der Waals surface area contributed by atoms with Crippen molar-refractivity contribution in [1.29, 1.82) is 5.26 Å². The third-order valence-corrected chi connectivity index (χ3v) is 4.18. The number of hydrogen-bond acceptors (Lipinski definition) is 6. The maximum atomic E-state index is 12.3. The second-order valence-corrected chi connectivity index (χ2v) is 6.01. The van der Waals surface area contributed by atoms with Crippen LogP contribution in [0.1, 0.15) is 5.56 Å². The van der Waals surface area contributed by atoms with Crippen LogP contribution in [0.3, 0.4) is 0 Å². The average Bonchev–Trinajstić information content (AvgIpc) is 3.06. The number of anilines is 1. The van der Waals surface area contributed by atoms with Crippen LogP contribution in [0.5, 0.6) is 11.5 Å². The molecule has 26 heavy (non-hydrogen) atoms. The van der Waals surface area contributed by atoms with Crippen molar-refractivity contribution in [3.63, 3.8) is 0 Å². The van der Waals surface area contributed by atoms with Gasteiger partial charge in [0.05, 0.1) is 4.92 Å². The van der Waals surface area contributed by atoms with Gasteiger partial charge in [-0.2, -0.15) is 5.26 Å². The predicted octanol–water partition coefficient (Wildman–Crippen LogP) is 3.63. The summed E-state index contributed by atoms with van der Waals surface area (Å²) in [4.78, 5) is 22.4. The standard InChI is InChI=1S/C17H10BrN3O5/c18-14-7-16-15(25-9-26-16)6-10(14)5-11(8-19)17(22)20-12-1-3-13(4-2-12)21(23)24/h1-7H,9H2,(H,20,22)/b11-5+. The van der Waals surface area contributed by atoms with E-state index in [-0.39, 0.29) is 18.1 Å². The number of carbonyl (C=O) groups is 1. The van der Waals surface area contributed by atoms with E-state index < -0.39 is 10.8 Å². The molecule has 3 rings (SSSR count). The molecule has 1 N–H and O–H groups in total. The Morgan fingerprint density at radius 3 is 2.54 bits per heavy atom. The summed E-state index contributed by atoms with van der Waals surface area (Å²) in [5.74, 6) is 0.460. The first kappa shape index (κ1) is 17.4. The number of nitro groups is 1. The minimum Gasteiger partial charge on any atom is -0.454 e. The number of nitro benzene ring substituents is 1. The molecule has 0 saturated heterocycles. The second-order valence-electron chi connectivity index (χ2n) is 5.15. The van der Waals surface area contributed by atoms with Crippen LogP contribution in [-0.2, 0) is 4.79 Å². The van der Waals surface area contributed by atoms with E-state index >= 15 is 0 Å². The minimum absolute atomic E-state index is 0.0941. The van der Waals surface area contributed by atoms with Crippen LogP contribution in [0.2, 0.25) is 0 Å². The van der Waals surface area contributed by atoms with Gasteiger partial charge in [0, 0.05) is 22.3 Å². The molecule has 0 saturated carbocycles. The molecule has 1 heterocycles. The summed E-state index contributed by atoms with van der Waals surface area (Å²) < 4.78 is 11.2. The van der Waals surface area contributed by atoms with E-state index in [4.69, 9.17) is 9.47 Å². The molecule has 8 nitrogen and oxygen atoms in total. The average molecular weight is 416 g/mol. The van der Waals surface area contributed by atoms with Crippen LogP contribution >= 0.6 is 15.9 Å². The van der Waals surface area contributed by atoms with E-state index in [1.165, 1.54) is 30.3 Å². The van der Waals surface area contributed by atoms with Gasteiger partial charge in [-0.1, -0.05) is 15.9 Å². The molecular weight excluding hydrogens is 406 g/mol. The molecule has 0 atom stereocenters. The van der Waals surface area contributed by atoms with Crippen LogP contribution in [0.4, 0.5) is 11.4 Å². The summed E-state index contributed by atoms with van der Waals surface area (Å²) in [6, 6.07) is 10.5. The molecular formula is C17H10BrN3O5. The SMILES string of the molecule is N#C/C(=C\c1cc2c(cc1Br)OCO2)C(=O)Nc1ccc([N+](=O)[O-])cc1.